The normalized spacial score (nSPS) is 21.4. The molecule has 2 amide bonds. The highest BCUT2D eigenvalue weighted by atomic mass is 16.3. The maximum absolute atomic E-state index is 12.4. The minimum Gasteiger partial charge on any atom is -0.394 e. The Balaban J connectivity index is 3.03. The summed E-state index contributed by atoms with van der Waals surface area (Å²) in [5.41, 5.74) is -0.528. The van der Waals surface area contributed by atoms with E-state index in [0.717, 1.165) is 0 Å². The van der Waals surface area contributed by atoms with Gasteiger partial charge in [-0.05, 0) is 18.8 Å². The maximum atomic E-state index is 12.4. The molecule has 0 aromatic carbocycles. The van der Waals surface area contributed by atoms with Gasteiger partial charge in [0, 0.05) is 6.42 Å². The summed E-state index contributed by atoms with van der Waals surface area (Å²) in [6, 6.07) is -0.380. The van der Waals surface area contributed by atoms with E-state index >= 15 is 0 Å². The third-order valence-electron chi connectivity index (χ3n) is 4.07. The molecule has 0 aromatic heterocycles. The van der Waals surface area contributed by atoms with Gasteiger partial charge in [-0.3, -0.25) is 14.5 Å². The summed E-state index contributed by atoms with van der Waals surface area (Å²) in [5, 5.41) is 9.36. The Bertz CT molecular complexity index is 308. The first kappa shape index (κ1) is 14.2. The Labute approximate surface area is 103 Å². The van der Waals surface area contributed by atoms with E-state index in [4.69, 9.17) is 0 Å². The van der Waals surface area contributed by atoms with E-state index in [1.807, 2.05) is 27.7 Å². The second kappa shape index (κ2) is 5.17. The number of carbonyl (C=O) groups excluding carboxylic acids is 2. The molecule has 4 heteroatoms. The van der Waals surface area contributed by atoms with Crippen molar-refractivity contribution in [2.45, 2.75) is 53.0 Å². The molecule has 1 fully saturated rings. The fourth-order valence-electron chi connectivity index (χ4n) is 2.55. The van der Waals surface area contributed by atoms with E-state index in [0.29, 0.717) is 19.3 Å². The first-order valence-electron chi connectivity index (χ1n) is 6.40. The average Bonchev–Trinajstić information content (AvgIpc) is 2.54. The van der Waals surface area contributed by atoms with Crippen molar-refractivity contribution in [1.82, 2.24) is 4.90 Å². The number of imide groups is 1. The van der Waals surface area contributed by atoms with E-state index in [1.54, 1.807) is 0 Å². The fraction of sp³-hybridized carbons (Fsp3) is 0.846. The summed E-state index contributed by atoms with van der Waals surface area (Å²) >= 11 is 0. The molecular formula is C13H23NO3. The quantitative estimate of drug-likeness (QED) is 0.743. The van der Waals surface area contributed by atoms with Crippen molar-refractivity contribution in [2.24, 2.45) is 11.3 Å². The van der Waals surface area contributed by atoms with Gasteiger partial charge in [-0.1, -0.05) is 27.7 Å². The van der Waals surface area contributed by atoms with E-state index in [9.17, 15) is 14.7 Å². The molecule has 0 spiro atoms. The van der Waals surface area contributed by atoms with Gasteiger partial charge in [0.1, 0.15) is 0 Å². The van der Waals surface area contributed by atoms with Gasteiger partial charge in [-0.15, -0.1) is 0 Å². The van der Waals surface area contributed by atoms with Gasteiger partial charge in [0.05, 0.1) is 18.1 Å². The highest BCUT2D eigenvalue weighted by Crippen LogP contribution is 2.40. The zero-order valence-electron chi connectivity index (χ0n) is 11.2. The molecule has 17 heavy (non-hydrogen) atoms. The van der Waals surface area contributed by atoms with Crippen molar-refractivity contribution in [2.75, 3.05) is 6.61 Å². The van der Waals surface area contributed by atoms with E-state index < -0.39 is 5.41 Å². The van der Waals surface area contributed by atoms with Crippen LogP contribution in [0.15, 0.2) is 0 Å². The Hall–Kier alpha value is -0.900. The van der Waals surface area contributed by atoms with Crippen LogP contribution in [0.25, 0.3) is 0 Å². The van der Waals surface area contributed by atoms with Gasteiger partial charge in [-0.2, -0.15) is 0 Å². The van der Waals surface area contributed by atoms with Crippen LogP contribution in [-0.4, -0.2) is 34.5 Å². The minimum absolute atomic E-state index is 0.0809. The molecule has 98 valence electrons. The second-order valence-corrected chi connectivity index (χ2v) is 5.23. The summed E-state index contributed by atoms with van der Waals surface area (Å²) in [5.74, 6) is -0.149. The molecule has 1 aliphatic rings. The molecule has 0 aromatic rings. The molecule has 0 saturated carbocycles. The number of carbonyl (C=O) groups is 2. The molecule has 1 atom stereocenters. The van der Waals surface area contributed by atoms with E-state index in [1.165, 1.54) is 4.90 Å². The third kappa shape index (κ3) is 2.23. The number of amides is 2. The molecule has 1 N–H and O–H groups in total. The molecule has 0 bridgehead atoms. The standard InChI is InChI=1S/C13H23NO3/c1-5-13(6-2)7-11(16)14(12(13)17)10(8-15)9(3)4/h9-10,15H,5-8H2,1-4H3/t10-/m0/s1. The number of aliphatic hydroxyl groups excluding tert-OH is 1. The Morgan fingerprint density at radius 1 is 1.29 bits per heavy atom. The smallest absolute Gasteiger partial charge is 0.236 e. The molecule has 0 radical (unpaired) electrons. The summed E-state index contributed by atoms with van der Waals surface area (Å²) < 4.78 is 0. The summed E-state index contributed by atoms with van der Waals surface area (Å²) in [7, 11) is 0. The predicted molar refractivity (Wildman–Crippen MR) is 65.2 cm³/mol. The van der Waals surface area contributed by atoms with E-state index in [2.05, 4.69) is 0 Å². The highest BCUT2D eigenvalue weighted by Gasteiger charge is 2.51. The van der Waals surface area contributed by atoms with Gasteiger partial charge in [0.15, 0.2) is 0 Å². The number of nitrogens with zero attached hydrogens (tertiary/aromatic N) is 1. The van der Waals surface area contributed by atoms with Crippen molar-refractivity contribution >= 4 is 11.8 Å². The van der Waals surface area contributed by atoms with Crippen LogP contribution in [0.1, 0.15) is 47.0 Å². The van der Waals surface area contributed by atoms with Crippen LogP contribution < -0.4 is 0 Å². The van der Waals surface area contributed by atoms with Crippen LogP contribution in [0.2, 0.25) is 0 Å². The molecule has 1 rings (SSSR count). The van der Waals surface area contributed by atoms with Gasteiger partial charge in [0.25, 0.3) is 0 Å². The van der Waals surface area contributed by atoms with Crippen molar-refractivity contribution < 1.29 is 14.7 Å². The first-order valence-corrected chi connectivity index (χ1v) is 6.40. The number of hydrogen-bond acceptors (Lipinski definition) is 3. The van der Waals surface area contributed by atoms with Crippen molar-refractivity contribution in [3.8, 4) is 0 Å². The van der Waals surface area contributed by atoms with Gasteiger partial charge < -0.3 is 5.11 Å². The predicted octanol–water partition coefficient (Wildman–Crippen LogP) is 1.57. The molecule has 0 aliphatic carbocycles. The number of rotatable bonds is 5. The Kier molecular flexibility index (Phi) is 4.31. The van der Waals surface area contributed by atoms with Crippen LogP contribution in [0, 0.1) is 11.3 Å². The third-order valence-corrected chi connectivity index (χ3v) is 4.07. The van der Waals surface area contributed by atoms with Gasteiger partial charge >= 0.3 is 0 Å². The molecule has 1 aliphatic heterocycles. The minimum atomic E-state index is -0.528. The van der Waals surface area contributed by atoms with Crippen molar-refractivity contribution in [3.05, 3.63) is 0 Å². The lowest BCUT2D eigenvalue weighted by molar-refractivity contribution is -0.146. The maximum Gasteiger partial charge on any atom is 0.236 e. The molecule has 4 nitrogen and oxygen atoms in total. The van der Waals surface area contributed by atoms with Crippen LogP contribution in [-0.2, 0) is 9.59 Å². The largest absolute Gasteiger partial charge is 0.394 e. The van der Waals surface area contributed by atoms with Crippen LogP contribution in [0.3, 0.4) is 0 Å². The lowest BCUT2D eigenvalue weighted by Gasteiger charge is -2.30. The number of hydrogen-bond donors (Lipinski definition) is 1. The van der Waals surface area contributed by atoms with Crippen molar-refractivity contribution in [1.29, 1.82) is 0 Å². The first-order chi connectivity index (χ1) is 7.93. The summed E-state index contributed by atoms with van der Waals surface area (Å²) in [6.45, 7) is 7.57. The zero-order chi connectivity index (χ0) is 13.2. The topological polar surface area (TPSA) is 57.6 Å². The zero-order valence-corrected chi connectivity index (χ0v) is 11.2. The Morgan fingerprint density at radius 3 is 2.12 bits per heavy atom. The van der Waals surface area contributed by atoms with Gasteiger partial charge in [-0.25, -0.2) is 0 Å². The molecule has 0 unspecified atom stereocenters. The average molecular weight is 241 g/mol. The molecule has 1 saturated heterocycles. The number of likely N-dealkylation sites (tertiary alicyclic amines) is 1. The summed E-state index contributed by atoms with van der Waals surface area (Å²) in [4.78, 5) is 25.7. The molecular weight excluding hydrogens is 218 g/mol. The monoisotopic (exact) mass is 241 g/mol. The highest BCUT2D eigenvalue weighted by molar-refractivity contribution is 6.06. The lowest BCUT2D eigenvalue weighted by atomic mass is 9.81. The van der Waals surface area contributed by atoms with Crippen LogP contribution in [0.5, 0.6) is 0 Å². The second-order valence-electron chi connectivity index (χ2n) is 5.23. The fourth-order valence-corrected chi connectivity index (χ4v) is 2.55. The summed E-state index contributed by atoms with van der Waals surface area (Å²) in [6.07, 6.45) is 1.66. The van der Waals surface area contributed by atoms with Gasteiger partial charge in [0.2, 0.25) is 11.8 Å². The SMILES string of the molecule is CCC1(CC)CC(=O)N([C@@H](CO)C(C)C)C1=O. The lowest BCUT2D eigenvalue weighted by Crippen LogP contribution is -2.47. The number of aliphatic hydroxyl groups is 1. The van der Waals surface area contributed by atoms with Crippen LogP contribution >= 0.6 is 0 Å². The molecule has 1 heterocycles. The van der Waals surface area contributed by atoms with Crippen LogP contribution in [0.4, 0.5) is 0 Å². The van der Waals surface area contributed by atoms with E-state index in [-0.39, 0.29) is 30.4 Å². The van der Waals surface area contributed by atoms with Crippen molar-refractivity contribution in [3.63, 3.8) is 0 Å². The Morgan fingerprint density at radius 2 is 1.82 bits per heavy atom.